The highest BCUT2D eigenvalue weighted by atomic mass is 28.3. The first-order valence-electron chi connectivity index (χ1n) is 28.1. The molecule has 12 aromatic rings. The summed E-state index contributed by atoms with van der Waals surface area (Å²) in [6.07, 6.45) is 6.48. The smallest absolute Gasteiger partial charge is 0.179 e. The molecule has 0 amide bonds. The molecule has 0 aliphatic heterocycles. The Kier molecular flexibility index (Phi) is 15.3. The largest absolute Gasteiger partial charge is 0.494 e. The maximum atomic E-state index is 9.13. The van der Waals surface area contributed by atoms with Gasteiger partial charge in [0.1, 0.15) is 5.75 Å². The Bertz CT molecular complexity index is 3470. The summed E-state index contributed by atoms with van der Waals surface area (Å²) in [4.78, 5) is 0. The maximum absolute atomic E-state index is 9.13. The van der Waals surface area contributed by atoms with Crippen LogP contribution in [-0.4, -0.2) is 39.0 Å². The number of ether oxygens (including phenoxy) is 1. The van der Waals surface area contributed by atoms with Crippen LogP contribution in [0.1, 0.15) is 38.5 Å². The first-order valence-corrected chi connectivity index (χ1v) is 32.1. The highest BCUT2D eigenvalue weighted by Gasteiger charge is 2.42. The maximum Gasteiger partial charge on any atom is 0.179 e. The fraction of sp³-hybridized carbons (Fsp3) is 0.108. The number of aliphatic hydroxyl groups excluding tert-OH is 1. The van der Waals surface area contributed by atoms with Crippen molar-refractivity contribution in [2.24, 2.45) is 0 Å². The predicted molar refractivity (Wildman–Crippen MR) is 339 cm³/mol. The third-order valence-corrected chi connectivity index (χ3v) is 25.8. The van der Waals surface area contributed by atoms with Crippen molar-refractivity contribution >= 4 is 79.4 Å². The quantitative estimate of drug-likeness (QED) is 0.0469. The summed E-state index contributed by atoms with van der Waals surface area (Å²) >= 11 is 0. The van der Waals surface area contributed by atoms with E-state index in [9.17, 15) is 0 Å². The van der Waals surface area contributed by atoms with Gasteiger partial charge in [0, 0.05) is 23.1 Å². The Hall–Kier alpha value is -8.59. The molecule has 0 saturated heterocycles. The SMILES string of the molecule is OCCCCCCCCOc1ccc(-n2c3ccc(-c4ccc([Si](c5ccccc5)(c5ccccc5)c5ccccc5)cc4)cc3c3cc(-c4ccc([Si](c5ccccc5)(c5ccccc5)c5ccccc5)cc4)ccc32)cc1. The summed E-state index contributed by atoms with van der Waals surface area (Å²) in [5.74, 6) is 0.888. The monoisotopic (exact) mass is 1060 g/mol. The summed E-state index contributed by atoms with van der Waals surface area (Å²) in [5.41, 5.74) is 8.14. The standard InChI is InChI=1S/C74H65NO2Si2/c76-53-23-3-1-2-4-24-54-77-62-45-43-61(44-46-62)75-73-51-41-59(57-37-47-69(48-38-57)78(63-25-11-5-12-26-63,64-27-13-6-14-28-64)65-29-15-7-16-30-65)55-71(73)72-56-60(42-52-74(72)75)58-39-49-70(50-40-58)79(66-31-17-8-18-32-66,67-33-19-9-20-34-67)68-35-21-10-22-36-68/h5-22,25-52,55-56,76H,1-4,23-24,53-54H2. The number of fused-ring (bicyclic) bond motifs is 3. The first-order chi connectivity index (χ1) is 39.2. The van der Waals surface area contributed by atoms with Crippen LogP contribution >= 0.6 is 0 Å². The molecule has 0 radical (unpaired) electrons. The van der Waals surface area contributed by atoms with Crippen molar-refractivity contribution in [2.75, 3.05) is 13.2 Å². The molecule has 0 atom stereocenters. The fourth-order valence-electron chi connectivity index (χ4n) is 12.4. The van der Waals surface area contributed by atoms with E-state index < -0.39 is 16.1 Å². The number of hydrogen-bond donors (Lipinski definition) is 1. The normalized spacial score (nSPS) is 11.8. The molecular formula is C74H65NO2Si2. The van der Waals surface area contributed by atoms with Crippen molar-refractivity contribution < 1.29 is 9.84 Å². The van der Waals surface area contributed by atoms with E-state index >= 15 is 0 Å². The molecule has 3 nitrogen and oxygen atoms in total. The zero-order valence-corrected chi connectivity index (χ0v) is 46.7. The van der Waals surface area contributed by atoms with Gasteiger partial charge in [-0.15, -0.1) is 0 Å². The lowest BCUT2D eigenvalue weighted by Crippen LogP contribution is -2.74. The molecule has 11 aromatic carbocycles. The number of unbranched alkanes of at least 4 members (excludes halogenated alkanes) is 5. The van der Waals surface area contributed by atoms with Crippen LogP contribution in [0.2, 0.25) is 0 Å². The molecule has 0 saturated carbocycles. The summed E-state index contributed by atoms with van der Waals surface area (Å²) in [5, 5.41) is 22.5. The second kappa shape index (κ2) is 23.6. The van der Waals surface area contributed by atoms with E-state index in [2.05, 4.69) is 296 Å². The van der Waals surface area contributed by atoms with Gasteiger partial charge in [0.15, 0.2) is 16.1 Å². The molecule has 1 heterocycles. The van der Waals surface area contributed by atoms with Crippen LogP contribution in [-0.2, 0) is 0 Å². The minimum atomic E-state index is -2.68. The summed E-state index contributed by atoms with van der Waals surface area (Å²) in [7, 11) is -5.36. The molecule has 0 aliphatic carbocycles. The zero-order chi connectivity index (χ0) is 53.3. The molecule has 386 valence electrons. The molecule has 0 unspecified atom stereocenters. The molecule has 1 N–H and O–H groups in total. The van der Waals surface area contributed by atoms with Crippen molar-refractivity contribution in [3.8, 4) is 33.7 Å². The number of aromatic nitrogens is 1. The molecule has 0 aliphatic rings. The van der Waals surface area contributed by atoms with Crippen LogP contribution in [0, 0.1) is 0 Å². The van der Waals surface area contributed by atoms with Crippen LogP contribution in [0.4, 0.5) is 0 Å². The van der Waals surface area contributed by atoms with E-state index in [0.29, 0.717) is 6.61 Å². The van der Waals surface area contributed by atoms with Gasteiger partial charge in [0.05, 0.1) is 17.6 Å². The Morgan fingerprint density at radius 1 is 0.291 bits per heavy atom. The number of nitrogens with zero attached hydrogens (tertiary/aromatic N) is 1. The Labute approximate surface area is 467 Å². The van der Waals surface area contributed by atoms with Crippen LogP contribution in [0.25, 0.3) is 49.7 Å². The van der Waals surface area contributed by atoms with Gasteiger partial charge in [-0.2, -0.15) is 0 Å². The molecule has 5 heteroatoms. The third kappa shape index (κ3) is 10.0. The number of hydrogen-bond acceptors (Lipinski definition) is 2. The van der Waals surface area contributed by atoms with Crippen LogP contribution in [0.3, 0.4) is 0 Å². The fourth-order valence-corrected chi connectivity index (χ4v) is 21.9. The second-order valence-electron chi connectivity index (χ2n) is 20.8. The topological polar surface area (TPSA) is 34.4 Å². The molecule has 0 bridgehead atoms. The van der Waals surface area contributed by atoms with Gasteiger partial charge in [-0.1, -0.05) is 268 Å². The average Bonchev–Trinajstić information content (AvgIpc) is 4.09. The lowest BCUT2D eigenvalue weighted by molar-refractivity contribution is 0.280. The van der Waals surface area contributed by atoms with Crippen LogP contribution in [0.15, 0.2) is 291 Å². The van der Waals surface area contributed by atoms with Crippen molar-refractivity contribution in [3.63, 3.8) is 0 Å². The van der Waals surface area contributed by atoms with E-state index in [1.807, 2.05) is 0 Å². The summed E-state index contributed by atoms with van der Waals surface area (Å²) < 4.78 is 8.69. The minimum Gasteiger partial charge on any atom is -0.494 e. The third-order valence-electron chi connectivity index (χ3n) is 16.2. The Balaban J connectivity index is 0.949. The summed E-state index contributed by atoms with van der Waals surface area (Å²) in [6.45, 7) is 0.981. The molecule has 79 heavy (non-hydrogen) atoms. The number of aliphatic hydroxyl groups is 1. The second-order valence-corrected chi connectivity index (χ2v) is 28.5. The minimum absolute atomic E-state index is 0.283. The first kappa shape index (κ1) is 51.2. The lowest BCUT2D eigenvalue weighted by atomic mass is 10.0. The van der Waals surface area contributed by atoms with Crippen LogP contribution < -0.4 is 46.2 Å². The molecule has 0 fully saturated rings. The van der Waals surface area contributed by atoms with E-state index in [4.69, 9.17) is 9.84 Å². The molecule has 1 aromatic heterocycles. The molecule has 12 rings (SSSR count). The van der Waals surface area contributed by atoms with E-state index in [1.165, 1.54) is 80.9 Å². The van der Waals surface area contributed by atoms with Gasteiger partial charge in [-0.25, -0.2) is 0 Å². The Morgan fingerprint density at radius 3 is 0.937 bits per heavy atom. The predicted octanol–water partition coefficient (Wildman–Crippen LogP) is 12.6. The highest BCUT2D eigenvalue weighted by Crippen LogP contribution is 2.38. The van der Waals surface area contributed by atoms with Crippen molar-refractivity contribution in [3.05, 3.63) is 291 Å². The van der Waals surface area contributed by atoms with Crippen LogP contribution in [0.5, 0.6) is 5.75 Å². The van der Waals surface area contributed by atoms with Gasteiger partial charge < -0.3 is 14.4 Å². The Morgan fingerprint density at radius 2 is 0.595 bits per heavy atom. The molecular weight excluding hydrogens is 991 g/mol. The van der Waals surface area contributed by atoms with Gasteiger partial charge in [-0.3, -0.25) is 0 Å². The van der Waals surface area contributed by atoms with Gasteiger partial charge in [0.2, 0.25) is 0 Å². The molecule has 0 spiro atoms. The lowest BCUT2D eigenvalue weighted by Gasteiger charge is -2.34. The van der Waals surface area contributed by atoms with Gasteiger partial charge in [-0.05, 0) is 125 Å². The highest BCUT2D eigenvalue weighted by molar-refractivity contribution is 7.20. The van der Waals surface area contributed by atoms with Gasteiger partial charge >= 0.3 is 0 Å². The van der Waals surface area contributed by atoms with Crippen molar-refractivity contribution in [2.45, 2.75) is 38.5 Å². The zero-order valence-electron chi connectivity index (χ0n) is 44.7. The number of rotatable bonds is 20. The van der Waals surface area contributed by atoms with E-state index in [0.717, 1.165) is 54.6 Å². The van der Waals surface area contributed by atoms with E-state index in [-0.39, 0.29) is 6.61 Å². The van der Waals surface area contributed by atoms with Gasteiger partial charge in [0.25, 0.3) is 0 Å². The van der Waals surface area contributed by atoms with E-state index in [1.54, 1.807) is 0 Å². The summed E-state index contributed by atoms with van der Waals surface area (Å²) in [6, 6.07) is 109. The van der Waals surface area contributed by atoms with Crippen molar-refractivity contribution in [1.29, 1.82) is 0 Å². The average molecular weight is 1060 g/mol. The van der Waals surface area contributed by atoms with Crippen molar-refractivity contribution in [1.82, 2.24) is 4.57 Å². The number of benzene rings is 11.